The predicted molar refractivity (Wildman–Crippen MR) is 112 cm³/mol. The van der Waals surface area contributed by atoms with Gasteiger partial charge in [0.05, 0.1) is 6.10 Å². The summed E-state index contributed by atoms with van der Waals surface area (Å²) in [6.07, 6.45) is 9.41. The Morgan fingerprint density at radius 3 is 2.64 bits per heavy atom. The van der Waals surface area contributed by atoms with Gasteiger partial charge in [-0.15, -0.1) is 0 Å². The first kappa shape index (κ1) is 19.9. The molecule has 2 saturated heterocycles. The maximum Gasteiger partial charge on any atom is 0.222 e. The van der Waals surface area contributed by atoms with Gasteiger partial charge in [-0.05, 0) is 43.6 Å². The number of piperidine rings is 2. The van der Waals surface area contributed by atoms with E-state index in [2.05, 4.69) is 40.1 Å². The number of carbonyl (C=O) groups is 1. The summed E-state index contributed by atoms with van der Waals surface area (Å²) in [5, 5.41) is 10.9. The Morgan fingerprint density at radius 1 is 1.07 bits per heavy atom. The molecule has 2 aliphatic heterocycles. The highest BCUT2D eigenvalue weighted by molar-refractivity contribution is 5.76. The molecule has 4 nitrogen and oxygen atoms in total. The molecule has 0 radical (unpaired) electrons. The number of aliphatic hydroxyl groups excluding tert-OH is 1. The standard InChI is InChI=1S/C24H36N2O2/c27-22-13-17-25(16-12-21-6-2-1-3-7-21)18-24(22)14-5-15-26(19-24)23(28)11-10-20-8-4-9-20/h1-3,6-7,20,22,27H,4-5,8-19H2/t22-,24-/m1/s1. The predicted octanol–water partition coefficient (Wildman–Crippen LogP) is 3.48. The third-order valence-electron chi connectivity index (χ3n) is 7.48. The van der Waals surface area contributed by atoms with E-state index < -0.39 is 0 Å². The molecular formula is C24H36N2O2. The molecule has 1 amide bonds. The van der Waals surface area contributed by atoms with Crippen molar-refractivity contribution in [2.24, 2.45) is 11.3 Å². The third-order valence-corrected chi connectivity index (χ3v) is 7.48. The lowest BCUT2D eigenvalue weighted by Crippen LogP contribution is -2.60. The smallest absolute Gasteiger partial charge is 0.222 e. The van der Waals surface area contributed by atoms with E-state index in [-0.39, 0.29) is 11.5 Å². The van der Waals surface area contributed by atoms with Crippen LogP contribution in [0.4, 0.5) is 0 Å². The number of nitrogens with zero attached hydrogens (tertiary/aromatic N) is 2. The maximum absolute atomic E-state index is 12.8. The van der Waals surface area contributed by atoms with Gasteiger partial charge >= 0.3 is 0 Å². The normalized spacial score (nSPS) is 29.0. The molecule has 3 aliphatic rings. The van der Waals surface area contributed by atoms with Crippen molar-refractivity contribution < 1.29 is 9.90 Å². The highest BCUT2D eigenvalue weighted by atomic mass is 16.3. The van der Waals surface area contributed by atoms with E-state index in [0.29, 0.717) is 12.3 Å². The molecule has 3 fully saturated rings. The topological polar surface area (TPSA) is 43.8 Å². The van der Waals surface area contributed by atoms with E-state index in [4.69, 9.17) is 0 Å². The van der Waals surface area contributed by atoms with Gasteiger partial charge in [-0.2, -0.15) is 0 Å². The van der Waals surface area contributed by atoms with Crippen LogP contribution in [0.25, 0.3) is 0 Å². The maximum atomic E-state index is 12.8. The van der Waals surface area contributed by atoms with E-state index in [1.807, 2.05) is 0 Å². The Kier molecular flexibility index (Phi) is 6.37. The molecule has 1 N–H and O–H groups in total. The molecule has 4 rings (SSSR count). The highest BCUT2D eigenvalue weighted by Crippen LogP contribution is 2.39. The fraction of sp³-hybridized carbons (Fsp3) is 0.708. The van der Waals surface area contributed by atoms with E-state index in [1.165, 1.54) is 24.8 Å². The molecule has 28 heavy (non-hydrogen) atoms. The zero-order valence-electron chi connectivity index (χ0n) is 17.2. The number of benzene rings is 1. The first-order valence-electron chi connectivity index (χ1n) is 11.4. The largest absolute Gasteiger partial charge is 0.392 e. The monoisotopic (exact) mass is 384 g/mol. The fourth-order valence-corrected chi connectivity index (χ4v) is 5.40. The minimum atomic E-state index is -0.275. The van der Waals surface area contributed by atoms with Crippen molar-refractivity contribution >= 4 is 5.91 Å². The van der Waals surface area contributed by atoms with E-state index in [9.17, 15) is 9.90 Å². The molecule has 0 unspecified atom stereocenters. The first-order valence-corrected chi connectivity index (χ1v) is 11.4. The van der Waals surface area contributed by atoms with Gasteiger partial charge in [-0.1, -0.05) is 49.6 Å². The van der Waals surface area contributed by atoms with Crippen LogP contribution >= 0.6 is 0 Å². The van der Waals surface area contributed by atoms with E-state index in [1.54, 1.807) is 0 Å². The van der Waals surface area contributed by atoms with Crippen molar-refractivity contribution in [2.45, 2.75) is 63.9 Å². The molecule has 154 valence electrons. The minimum Gasteiger partial charge on any atom is -0.392 e. The van der Waals surface area contributed by atoms with Crippen LogP contribution in [0.5, 0.6) is 0 Å². The Labute approximate surface area is 169 Å². The Hall–Kier alpha value is -1.39. The van der Waals surface area contributed by atoms with Crippen LogP contribution in [0, 0.1) is 11.3 Å². The zero-order valence-corrected chi connectivity index (χ0v) is 17.2. The molecular weight excluding hydrogens is 348 g/mol. The Bertz CT molecular complexity index is 645. The summed E-state index contributed by atoms with van der Waals surface area (Å²) < 4.78 is 0. The number of amides is 1. The summed E-state index contributed by atoms with van der Waals surface area (Å²) in [5.41, 5.74) is 1.25. The molecule has 1 spiro atoms. The highest BCUT2D eigenvalue weighted by Gasteiger charge is 2.46. The second-order valence-corrected chi connectivity index (χ2v) is 9.43. The van der Waals surface area contributed by atoms with Gasteiger partial charge in [0.15, 0.2) is 0 Å². The van der Waals surface area contributed by atoms with Crippen LogP contribution in [0.3, 0.4) is 0 Å². The number of hydrogen-bond donors (Lipinski definition) is 1. The lowest BCUT2D eigenvalue weighted by molar-refractivity contribution is -0.141. The molecule has 2 atom stereocenters. The molecule has 1 aromatic rings. The molecule has 1 aliphatic carbocycles. The van der Waals surface area contributed by atoms with Crippen LogP contribution in [-0.4, -0.2) is 59.6 Å². The number of hydrogen-bond acceptors (Lipinski definition) is 3. The lowest BCUT2D eigenvalue weighted by atomic mass is 9.71. The van der Waals surface area contributed by atoms with Crippen molar-refractivity contribution in [3.8, 4) is 0 Å². The van der Waals surface area contributed by atoms with Gasteiger partial charge < -0.3 is 14.9 Å². The number of likely N-dealkylation sites (tertiary alicyclic amines) is 2. The summed E-state index contributed by atoms with van der Waals surface area (Å²) >= 11 is 0. The van der Waals surface area contributed by atoms with Gasteiger partial charge in [-0.3, -0.25) is 4.79 Å². The van der Waals surface area contributed by atoms with E-state index in [0.717, 1.165) is 70.7 Å². The van der Waals surface area contributed by atoms with Crippen LogP contribution < -0.4 is 0 Å². The van der Waals surface area contributed by atoms with Gasteiger partial charge in [-0.25, -0.2) is 0 Å². The quantitative estimate of drug-likeness (QED) is 0.817. The summed E-state index contributed by atoms with van der Waals surface area (Å²) in [6, 6.07) is 10.7. The van der Waals surface area contributed by atoms with Crippen molar-refractivity contribution in [1.82, 2.24) is 9.80 Å². The van der Waals surface area contributed by atoms with Gasteiger partial charge in [0.1, 0.15) is 0 Å². The Morgan fingerprint density at radius 2 is 1.89 bits per heavy atom. The molecule has 1 saturated carbocycles. The van der Waals surface area contributed by atoms with Crippen LogP contribution in [0.15, 0.2) is 30.3 Å². The van der Waals surface area contributed by atoms with Crippen molar-refractivity contribution in [1.29, 1.82) is 0 Å². The van der Waals surface area contributed by atoms with Crippen molar-refractivity contribution in [3.63, 3.8) is 0 Å². The summed E-state index contributed by atoms with van der Waals surface area (Å²) in [4.78, 5) is 17.4. The van der Waals surface area contributed by atoms with Crippen LogP contribution in [-0.2, 0) is 11.2 Å². The van der Waals surface area contributed by atoms with Crippen molar-refractivity contribution in [3.05, 3.63) is 35.9 Å². The molecule has 0 bridgehead atoms. The van der Waals surface area contributed by atoms with Crippen LogP contribution in [0.2, 0.25) is 0 Å². The number of rotatable bonds is 6. The number of carbonyl (C=O) groups excluding carboxylic acids is 1. The van der Waals surface area contributed by atoms with Gasteiger partial charge in [0, 0.05) is 44.6 Å². The average molecular weight is 385 g/mol. The second-order valence-electron chi connectivity index (χ2n) is 9.43. The second kappa shape index (κ2) is 8.96. The van der Waals surface area contributed by atoms with Gasteiger partial charge in [0.2, 0.25) is 5.91 Å². The first-order chi connectivity index (χ1) is 13.6. The minimum absolute atomic E-state index is 0.126. The Balaban J connectivity index is 1.33. The third kappa shape index (κ3) is 4.60. The SMILES string of the molecule is O=C(CCC1CCC1)N1CCC[C@@]2(CN(CCc3ccccc3)CC[C@H]2O)C1. The molecule has 4 heteroatoms. The zero-order chi connectivity index (χ0) is 19.4. The van der Waals surface area contributed by atoms with E-state index >= 15 is 0 Å². The summed E-state index contributed by atoms with van der Waals surface area (Å²) in [7, 11) is 0. The van der Waals surface area contributed by atoms with Crippen LogP contribution in [0.1, 0.15) is 56.9 Å². The fourth-order valence-electron chi connectivity index (χ4n) is 5.40. The molecule has 0 aromatic heterocycles. The average Bonchev–Trinajstić information content (AvgIpc) is 2.69. The molecule has 2 heterocycles. The number of aliphatic hydroxyl groups is 1. The van der Waals surface area contributed by atoms with Gasteiger partial charge in [0.25, 0.3) is 0 Å². The molecule has 1 aromatic carbocycles. The summed E-state index contributed by atoms with van der Waals surface area (Å²) in [5.74, 6) is 1.11. The lowest BCUT2D eigenvalue weighted by Gasteiger charge is -2.51. The summed E-state index contributed by atoms with van der Waals surface area (Å²) in [6.45, 7) is 4.55. The van der Waals surface area contributed by atoms with Crippen molar-refractivity contribution in [2.75, 3.05) is 32.7 Å².